The first-order valence-corrected chi connectivity index (χ1v) is 7.63. The van der Waals surface area contributed by atoms with E-state index in [0.29, 0.717) is 28.1 Å². The summed E-state index contributed by atoms with van der Waals surface area (Å²) in [5.74, 6) is -5.05. The van der Waals surface area contributed by atoms with E-state index >= 15 is 0 Å². The Bertz CT molecular complexity index is 1070. The Balaban J connectivity index is 1.97. The van der Waals surface area contributed by atoms with E-state index in [1.54, 1.807) is 18.2 Å². The third-order valence-corrected chi connectivity index (χ3v) is 4.14. The Kier molecular flexibility index (Phi) is 4.50. The van der Waals surface area contributed by atoms with Crippen molar-refractivity contribution in [1.29, 1.82) is 5.26 Å². The molecule has 0 amide bonds. The van der Waals surface area contributed by atoms with Gasteiger partial charge in [0.2, 0.25) is 0 Å². The average Bonchev–Trinajstić information content (AvgIpc) is 3.01. The first kappa shape index (κ1) is 17.3. The molecule has 2 aromatic carbocycles. The molecule has 0 fully saturated rings. The fourth-order valence-corrected chi connectivity index (χ4v) is 2.85. The van der Waals surface area contributed by atoms with Crippen molar-refractivity contribution < 1.29 is 23.5 Å². The smallest absolute Gasteiger partial charge is 0.311 e. The second-order valence-corrected chi connectivity index (χ2v) is 5.76. The summed E-state index contributed by atoms with van der Waals surface area (Å²) in [5.41, 5.74) is 0.963. The van der Waals surface area contributed by atoms with Gasteiger partial charge in [0.25, 0.3) is 0 Å². The summed E-state index contributed by atoms with van der Waals surface area (Å²) in [6.45, 7) is 0. The lowest BCUT2D eigenvalue weighted by atomic mass is 9.91. The van der Waals surface area contributed by atoms with Gasteiger partial charge in [-0.05, 0) is 29.8 Å². The van der Waals surface area contributed by atoms with Gasteiger partial charge in [-0.25, -0.2) is 8.78 Å². The summed E-state index contributed by atoms with van der Waals surface area (Å²) in [4.78, 5) is 26.9. The molecule has 130 valence electrons. The minimum Gasteiger partial charge on any atom is -0.481 e. The molecule has 1 unspecified atom stereocenters. The maximum Gasteiger partial charge on any atom is 0.311 e. The lowest BCUT2D eigenvalue weighted by molar-refractivity contribution is -0.138. The van der Waals surface area contributed by atoms with Crippen molar-refractivity contribution in [1.82, 2.24) is 4.98 Å². The van der Waals surface area contributed by atoms with Gasteiger partial charge in [0.15, 0.2) is 5.78 Å². The van der Waals surface area contributed by atoms with Crippen LogP contribution in [0.2, 0.25) is 0 Å². The number of aromatic nitrogens is 1. The molecule has 0 aliphatic heterocycles. The van der Waals surface area contributed by atoms with Crippen molar-refractivity contribution in [2.45, 2.75) is 12.3 Å². The maximum absolute atomic E-state index is 13.8. The Morgan fingerprint density at radius 3 is 2.62 bits per heavy atom. The fourth-order valence-electron chi connectivity index (χ4n) is 2.85. The number of halogens is 2. The van der Waals surface area contributed by atoms with Gasteiger partial charge in [-0.1, -0.05) is 6.07 Å². The summed E-state index contributed by atoms with van der Waals surface area (Å²) in [5, 5.41) is 19.0. The van der Waals surface area contributed by atoms with Crippen molar-refractivity contribution in [2.24, 2.45) is 0 Å². The molecule has 1 heterocycles. The lowest BCUT2D eigenvalue weighted by Gasteiger charge is -2.11. The zero-order valence-corrected chi connectivity index (χ0v) is 13.3. The number of nitrogens with zero attached hydrogens (tertiary/aromatic N) is 1. The molecule has 1 aromatic heterocycles. The number of rotatable bonds is 5. The first-order valence-electron chi connectivity index (χ1n) is 7.63. The van der Waals surface area contributed by atoms with E-state index in [2.05, 4.69) is 4.98 Å². The van der Waals surface area contributed by atoms with Crippen LogP contribution in [0, 0.1) is 23.0 Å². The first-order chi connectivity index (χ1) is 12.4. The molecule has 0 radical (unpaired) electrons. The zero-order valence-electron chi connectivity index (χ0n) is 13.3. The van der Waals surface area contributed by atoms with E-state index in [1.165, 1.54) is 6.20 Å². The van der Waals surface area contributed by atoms with Gasteiger partial charge >= 0.3 is 5.97 Å². The molecule has 3 rings (SSSR count). The van der Waals surface area contributed by atoms with Crippen molar-refractivity contribution in [2.75, 3.05) is 0 Å². The van der Waals surface area contributed by atoms with Crippen LogP contribution in [0.5, 0.6) is 0 Å². The van der Waals surface area contributed by atoms with E-state index in [1.807, 2.05) is 6.07 Å². The van der Waals surface area contributed by atoms with Crippen LogP contribution in [0.15, 0.2) is 42.6 Å². The summed E-state index contributed by atoms with van der Waals surface area (Å²) in [6, 6.07) is 9.22. The van der Waals surface area contributed by atoms with Crippen LogP contribution >= 0.6 is 0 Å². The van der Waals surface area contributed by atoms with E-state index in [9.17, 15) is 23.5 Å². The summed E-state index contributed by atoms with van der Waals surface area (Å²) in [7, 11) is 0. The van der Waals surface area contributed by atoms with Crippen LogP contribution in [-0.2, 0) is 4.79 Å². The number of nitriles is 1. The van der Waals surface area contributed by atoms with Gasteiger partial charge in [-0.15, -0.1) is 0 Å². The average molecular weight is 354 g/mol. The number of carbonyl (C=O) groups excluding carboxylic acids is 1. The van der Waals surface area contributed by atoms with Gasteiger partial charge in [-0.2, -0.15) is 5.26 Å². The molecule has 3 aromatic rings. The van der Waals surface area contributed by atoms with Gasteiger partial charge in [0.1, 0.15) is 11.6 Å². The minimum absolute atomic E-state index is 0.354. The second kappa shape index (κ2) is 6.76. The number of carbonyl (C=O) groups is 2. The number of H-pyrrole nitrogens is 1. The van der Waals surface area contributed by atoms with Gasteiger partial charge < -0.3 is 10.1 Å². The topological polar surface area (TPSA) is 93.9 Å². The quantitative estimate of drug-likeness (QED) is 0.682. The molecule has 5 nitrogen and oxygen atoms in total. The van der Waals surface area contributed by atoms with Crippen LogP contribution in [0.25, 0.3) is 10.9 Å². The highest BCUT2D eigenvalue weighted by Gasteiger charge is 2.27. The number of ketones is 1. The van der Waals surface area contributed by atoms with E-state index in [4.69, 9.17) is 5.26 Å². The Morgan fingerprint density at radius 1 is 1.19 bits per heavy atom. The van der Waals surface area contributed by atoms with Crippen LogP contribution in [-0.4, -0.2) is 21.8 Å². The van der Waals surface area contributed by atoms with E-state index in [-0.39, 0.29) is 5.56 Å². The number of nitrogens with one attached hydrogen (secondary N) is 1. The minimum atomic E-state index is -1.24. The number of fused-ring (bicyclic) bond motifs is 1. The molecule has 2 N–H and O–H groups in total. The number of hydrogen-bond acceptors (Lipinski definition) is 3. The monoisotopic (exact) mass is 354 g/mol. The number of carboxylic acids is 1. The summed E-state index contributed by atoms with van der Waals surface area (Å²) in [6.07, 6.45) is 0.976. The largest absolute Gasteiger partial charge is 0.481 e. The Labute approximate surface area is 146 Å². The van der Waals surface area contributed by atoms with Crippen molar-refractivity contribution >= 4 is 22.7 Å². The van der Waals surface area contributed by atoms with E-state index < -0.39 is 35.7 Å². The Hall–Kier alpha value is -3.53. The van der Waals surface area contributed by atoms with E-state index in [0.717, 1.165) is 12.1 Å². The normalized spacial score (nSPS) is 11.9. The van der Waals surface area contributed by atoms with Gasteiger partial charge in [-0.3, -0.25) is 9.59 Å². The molecule has 7 heteroatoms. The molecular weight excluding hydrogens is 342 g/mol. The Morgan fingerprint density at radius 2 is 1.96 bits per heavy atom. The molecule has 0 aliphatic rings. The standard InChI is InChI=1S/C19H12F2N2O3/c20-11-2-4-13(16(21)6-11)18(24)7-14(19(25)26)15-9-23-17-5-10(8-22)1-3-12(15)17/h1-6,9,14,23H,7H2,(H,25,26). The highest BCUT2D eigenvalue weighted by atomic mass is 19.1. The molecule has 1 atom stereocenters. The number of aromatic amines is 1. The molecule has 0 spiro atoms. The predicted octanol–water partition coefficient (Wildman–Crippen LogP) is 3.76. The van der Waals surface area contributed by atoms with Gasteiger partial charge in [0.05, 0.1) is 23.1 Å². The molecule has 0 saturated carbocycles. The molecule has 0 aliphatic carbocycles. The highest BCUT2D eigenvalue weighted by Crippen LogP contribution is 2.30. The van der Waals surface area contributed by atoms with Gasteiger partial charge in [0, 0.05) is 29.6 Å². The summed E-state index contributed by atoms with van der Waals surface area (Å²) < 4.78 is 26.8. The molecule has 0 bridgehead atoms. The fraction of sp³-hybridized carbons (Fsp3) is 0.105. The number of benzene rings is 2. The highest BCUT2D eigenvalue weighted by molar-refractivity contribution is 6.00. The zero-order chi connectivity index (χ0) is 18.8. The van der Waals surface area contributed by atoms with Crippen molar-refractivity contribution in [3.63, 3.8) is 0 Å². The van der Waals surface area contributed by atoms with Crippen molar-refractivity contribution in [3.05, 3.63) is 70.9 Å². The third-order valence-electron chi connectivity index (χ3n) is 4.14. The second-order valence-electron chi connectivity index (χ2n) is 5.76. The number of carboxylic acid groups (broad SMARTS) is 1. The SMILES string of the molecule is N#Cc1ccc2c(C(CC(=O)c3ccc(F)cc3F)C(=O)O)c[nH]c2c1. The maximum atomic E-state index is 13.8. The van der Waals surface area contributed by atoms with Crippen LogP contribution in [0.4, 0.5) is 8.78 Å². The summed E-state index contributed by atoms with van der Waals surface area (Å²) >= 11 is 0. The molecular formula is C19H12F2N2O3. The number of aliphatic carboxylic acids is 1. The third kappa shape index (κ3) is 3.17. The lowest BCUT2D eigenvalue weighted by Crippen LogP contribution is -2.17. The number of hydrogen-bond donors (Lipinski definition) is 2. The van der Waals surface area contributed by atoms with Crippen molar-refractivity contribution in [3.8, 4) is 6.07 Å². The number of Topliss-reactive ketones (excluding diaryl/α,β-unsaturated/α-hetero) is 1. The van der Waals surface area contributed by atoms with Crippen LogP contribution in [0.1, 0.15) is 33.8 Å². The van der Waals surface area contributed by atoms with Crippen LogP contribution in [0.3, 0.4) is 0 Å². The molecule has 0 saturated heterocycles. The molecule has 26 heavy (non-hydrogen) atoms. The van der Waals surface area contributed by atoms with Crippen LogP contribution < -0.4 is 0 Å². The predicted molar refractivity (Wildman–Crippen MR) is 88.7 cm³/mol.